The minimum atomic E-state index is -1.82. The predicted molar refractivity (Wildman–Crippen MR) is 130 cm³/mol. The van der Waals surface area contributed by atoms with Gasteiger partial charge in [-0.25, -0.2) is 9.59 Å². The lowest BCUT2D eigenvalue weighted by Gasteiger charge is -2.29. The molecule has 0 atom stereocenters. The number of hydrogen-bond acceptors (Lipinski definition) is 6. The molecule has 35 heavy (non-hydrogen) atoms. The molecular weight excluding hydrogens is 450 g/mol. The maximum atomic E-state index is 9.10. The number of rotatable bonds is 7. The second kappa shape index (κ2) is 12.4. The van der Waals surface area contributed by atoms with Crippen LogP contribution in [0.5, 0.6) is 17.2 Å². The van der Waals surface area contributed by atoms with Crippen molar-refractivity contribution in [1.29, 1.82) is 0 Å². The summed E-state index contributed by atoms with van der Waals surface area (Å²) in [4.78, 5) is 20.7. The molecule has 0 aliphatic carbocycles. The van der Waals surface area contributed by atoms with Crippen molar-refractivity contribution < 1.29 is 34.0 Å². The van der Waals surface area contributed by atoms with Gasteiger partial charge < -0.3 is 24.4 Å². The number of hydrogen-bond donors (Lipinski definition) is 2. The van der Waals surface area contributed by atoms with E-state index in [4.69, 9.17) is 34.0 Å². The maximum absolute atomic E-state index is 9.10. The zero-order valence-electron chi connectivity index (χ0n) is 19.8. The molecule has 0 fully saturated rings. The molecule has 8 heteroatoms. The summed E-state index contributed by atoms with van der Waals surface area (Å²) in [7, 11) is 3.37. The van der Waals surface area contributed by atoms with Crippen LogP contribution < -0.4 is 14.2 Å². The highest BCUT2D eigenvalue weighted by molar-refractivity contribution is 6.27. The number of ether oxygens (including phenoxy) is 3. The minimum Gasteiger partial charge on any atom is -0.493 e. The smallest absolute Gasteiger partial charge is 0.414 e. The first-order chi connectivity index (χ1) is 16.9. The van der Waals surface area contributed by atoms with Crippen LogP contribution in [0.25, 0.3) is 0 Å². The topological polar surface area (TPSA) is 106 Å². The van der Waals surface area contributed by atoms with E-state index >= 15 is 0 Å². The third kappa shape index (κ3) is 7.48. The molecule has 0 saturated heterocycles. The average molecular weight is 480 g/mol. The van der Waals surface area contributed by atoms with Crippen LogP contribution in [0.1, 0.15) is 22.3 Å². The van der Waals surface area contributed by atoms with Crippen molar-refractivity contribution >= 4 is 11.9 Å². The van der Waals surface area contributed by atoms with Crippen LogP contribution >= 0.6 is 0 Å². The summed E-state index contributed by atoms with van der Waals surface area (Å²) >= 11 is 0. The summed E-state index contributed by atoms with van der Waals surface area (Å²) in [6.07, 6.45) is 1.01. The molecule has 2 N–H and O–H groups in total. The zero-order chi connectivity index (χ0) is 25.2. The summed E-state index contributed by atoms with van der Waals surface area (Å²) in [5.41, 5.74) is 5.10. The van der Waals surface area contributed by atoms with Gasteiger partial charge in [0.1, 0.15) is 12.4 Å². The molecule has 0 unspecified atom stereocenters. The highest BCUT2D eigenvalue weighted by atomic mass is 16.5. The number of nitrogens with zero attached hydrogens (tertiary/aromatic N) is 1. The van der Waals surface area contributed by atoms with E-state index in [9.17, 15) is 0 Å². The molecule has 0 amide bonds. The van der Waals surface area contributed by atoms with Crippen LogP contribution in [0.2, 0.25) is 0 Å². The first kappa shape index (κ1) is 25.6. The zero-order valence-corrected chi connectivity index (χ0v) is 19.8. The van der Waals surface area contributed by atoms with Crippen LogP contribution in [0.3, 0.4) is 0 Å². The molecule has 3 aromatic carbocycles. The third-order valence-corrected chi connectivity index (χ3v) is 5.53. The lowest BCUT2D eigenvalue weighted by Crippen LogP contribution is -2.30. The Morgan fingerprint density at radius 1 is 0.829 bits per heavy atom. The average Bonchev–Trinajstić information content (AvgIpc) is 2.87. The summed E-state index contributed by atoms with van der Waals surface area (Å²) in [6.45, 7) is 3.42. The third-order valence-electron chi connectivity index (χ3n) is 5.53. The number of methoxy groups -OCH3 is 2. The fourth-order valence-electron chi connectivity index (χ4n) is 3.81. The first-order valence-electron chi connectivity index (χ1n) is 11.1. The van der Waals surface area contributed by atoms with Gasteiger partial charge in [-0.1, -0.05) is 42.5 Å². The molecule has 4 rings (SSSR count). The number of carboxylic acid groups (broad SMARTS) is 2. The van der Waals surface area contributed by atoms with Gasteiger partial charge in [0.05, 0.1) is 14.2 Å². The van der Waals surface area contributed by atoms with Crippen molar-refractivity contribution in [2.45, 2.75) is 26.1 Å². The van der Waals surface area contributed by atoms with Gasteiger partial charge >= 0.3 is 11.9 Å². The van der Waals surface area contributed by atoms with Gasteiger partial charge in [-0.3, -0.25) is 4.90 Å². The SMILES string of the molecule is COc1cc2c(cc1OC)CN(Cc1cccc(OCc3ccccc3)c1)CC2.O=C(O)C(=O)O. The van der Waals surface area contributed by atoms with Crippen LogP contribution in [0.15, 0.2) is 66.7 Å². The highest BCUT2D eigenvalue weighted by Gasteiger charge is 2.19. The van der Waals surface area contributed by atoms with Gasteiger partial charge in [-0.05, 0) is 52.9 Å². The van der Waals surface area contributed by atoms with Crippen molar-refractivity contribution in [3.63, 3.8) is 0 Å². The lowest BCUT2D eigenvalue weighted by atomic mass is 9.98. The van der Waals surface area contributed by atoms with E-state index in [-0.39, 0.29) is 0 Å². The Hall–Kier alpha value is -4.04. The van der Waals surface area contributed by atoms with E-state index < -0.39 is 11.9 Å². The summed E-state index contributed by atoms with van der Waals surface area (Å²) < 4.78 is 16.9. The Bertz CT molecular complexity index is 1140. The summed E-state index contributed by atoms with van der Waals surface area (Å²) in [5, 5.41) is 14.8. The maximum Gasteiger partial charge on any atom is 0.414 e. The second-order valence-corrected chi connectivity index (χ2v) is 7.97. The van der Waals surface area contributed by atoms with Crippen molar-refractivity contribution in [3.05, 3.63) is 89.0 Å². The fraction of sp³-hybridized carbons (Fsp3) is 0.259. The Kier molecular flexibility index (Phi) is 9.09. The number of carboxylic acids is 2. The van der Waals surface area contributed by atoms with E-state index in [2.05, 4.69) is 47.4 Å². The molecule has 1 aliphatic heterocycles. The molecule has 3 aromatic rings. The molecule has 0 bridgehead atoms. The van der Waals surface area contributed by atoms with Crippen molar-refractivity contribution in [2.24, 2.45) is 0 Å². The van der Waals surface area contributed by atoms with E-state index in [1.165, 1.54) is 22.3 Å². The summed E-state index contributed by atoms with van der Waals surface area (Å²) in [5.74, 6) is -1.13. The van der Waals surface area contributed by atoms with Crippen molar-refractivity contribution in [3.8, 4) is 17.2 Å². The lowest BCUT2D eigenvalue weighted by molar-refractivity contribution is -0.159. The quantitative estimate of drug-likeness (QED) is 0.490. The van der Waals surface area contributed by atoms with Crippen LogP contribution in [0.4, 0.5) is 0 Å². The van der Waals surface area contributed by atoms with E-state index in [1.807, 2.05) is 24.3 Å². The van der Waals surface area contributed by atoms with E-state index in [0.717, 1.165) is 43.3 Å². The first-order valence-corrected chi connectivity index (χ1v) is 11.1. The Labute approximate surface area is 204 Å². The Morgan fingerprint density at radius 2 is 1.46 bits per heavy atom. The van der Waals surface area contributed by atoms with E-state index in [0.29, 0.717) is 6.61 Å². The highest BCUT2D eigenvalue weighted by Crippen LogP contribution is 2.33. The molecule has 1 aliphatic rings. The van der Waals surface area contributed by atoms with Gasteiger partial charge in [0, 0.05) is 19.6 Å². The second-order valence-electron chi connectivity index (χ2n) is 7.97. The minimum absolute atomic E-state index is 0.586. The van der Waals surface area contributed by atoms with Crippen LogP contribution in [-0.2, 0) is 35.7 Å². The molecule has 0 spiro atoms. The molecular formula is C27H29NO7. The number of fused-ring (bicyclic) bond motifs is 1. The van der Waals surface area contributed by atoms with Crippen LogP contribution in [0, 0.1) is 0 Å². The van der Waals surface area contributed by atoms with Gasteiger partial charge in [0.15, 0.2) is 11.5 Å². The number of carbonyl (C=O) groups is 2. The molecule has 0 aromatic heterocycles. The molecule has 8 nitrogen and oxygen atoms in total. The molecule has 0 radical (unpaired) electrons. The molecule has 0 saturated carbocycles. The van der Waals surface area contributed by atoms with Crippen molar-refractivity contribution in [1.82, 2.24) is 4.90 Å². The van der Waals surface area contributed by atoms with Crippen LogP contribution in [-0.4, -0.2) is 47.8 Å². The fourth-order valence-corrected chi connectivity index (χ4v) is 3.81. The standard InChI is InChI=1S/C25H27NO3.C2H2O4/c1-27-24-14-21-11-12-26(17-22(21)15-25(24)28-2)16-20-9-6-10-23(13-20)29-18-19-7-4-3-5-8-19;3-1(4)2(5)6/h3-10,13-15H,11-12,16-18H2,1-2H3;(H,3,4)(H,5,6). The van der Waals surface area contributed by atoms with Gasteiger partial charge in [0.2, 0.25) is 0 Å². The largest absolute Gasteiger partial charge is 0.493 e. The Morgan fingerprint density at radius 3 is 2.09 bits per heavy atom. The van der Waals surface area contributed by atoms with Gasteiger partial charge in [0.25, 0.3) is 0 Å². The van der Waals surface area contributed by atoms with Crippen molar-refractivity contribution in [2.75, 3.05) is 20.8 Å². The molecule has 1 heterocycles. The molecule has 184 valence electrons. The number of aliphatic carboxylic acids is 2. The summed E-state index contributed by atoms with van der Waals surface area (Å²) in [6, 6.07) is 22.9. The van der Waals surface area contributed by atoms with Gasteiger partial charge in [-0.15, -0.1) is 0 Å². The normalized spacial score (nSPS) is 12.5. The van der Waals surface area contributed by atoms with Gasteiger partial charge in [-0.2, -0.15) is 0 Å². The number of benzene rings is 3. The van der Waals surface area contributed by atoms with E-state index in [1.54, 1.807) is 14.2 Å². The predicted octanol–water partition coefficient (Wildman–Crippen LogP) is 4.00. The monoisotopic (exact) mass is 479 g/mol. The Balaban J connectivity index is 0.000000509.